The molecule has 4 heterocycles. The number of hydrogen-bond acceptors (Lipinski definition) is 6. The van der Waals surface area contributed by atoms with Crippen LogP contribution in [0.5, 0.6) is 0 Å². The molecule has 0 unspecified atom stereocenters. The maximum atomic E-state index is 13.0. The van der Waals surface area contributed by atoms with Gasteiger partial charge in [-0.1, -0.05) is 6.07 Å². The number of nitrogens with one attached hydrogen (secondary N) is 1. The van der Waals surface area contributed by atoms with Gasteiger partial charge in [0.05, 0.1) is 25.5 Å². The summed E-state index contributed by atoms with van der Waals surface area (Å²) >= 11 is 0. The van der Waals surface area contributed by atoms with E-state index in [1.54, 1.807) is 18.6 Å². The molecule has 0 saturated carbocycles. The van der Waals surface area contributed by atoms with Crippen LogP contribution in [0.15, 0.2) is 49.2 Å². The zero-order chi connectivity index (χ0) is 17.8. The first kappa shape index (κ1) is 16.6. The van der Waals surface area contributed by atoms with Crippen molar-refractivity contribution in [2.75, 3.05) is 26.3 Å². The molecule has 1 fully saturated rings. The Morgan fingerprint density at radius 1 is 1.27 bits per heavy atom. The van der Waals surface area contributed by atoms with Crippen LogP contribution < -0.4 is 5.32 Å². The average molecular weight is 352 g/mol. The van der Waals surface area contributed by atoms with E-state index in [0.29, 0.717) is 38.6 Å². The summed E-state index contributed by atoms with van der Waals surface area (Å²) in [6.45, 7) is 3.03. The minimum Gasteiger partial charge on any atom is -0.379 e. The molecule has 1 N–H and O–H groups in total. The lowest BCUT2D eigenvalue weighted by Gasteiger charge is -2.33. The monoisotopic (exact) mass is 352 g/mol. The fourth-order valence-electron chi connectivity index (χ4n) is 3.14. The third-order valence-electron chi connectivity index (χ3n) is 4.39. The van der Waals surface area contributed by atoms with Gasteiger partial charge in [-0.05, 0) is 17.7 Å². The van der Waals surface area contributed by atoms with Crippen molar-refractivity contribution < 1.29 is 9.53 Å². The smallest absolute Gasteiger partial charge is 0.242 e. The number of carbonyl (C=O) groups is 1. The molecule has 0 aliphatic carbocycles. The van der Waals surface area contributed by atoms with E-state index < -0.39 is 0 Å². The second kappa shape index (κ2) is 7.59. The highest BCUT2D eigenvalue weighted by molar-refractivity contribution is 5.83. The van der Waals surface area contributed by atoms with Crippen molar-refractivity contribution in [1.82, 2.24) is 29.6 Å². The molecular formula is C18H20N6O2. The molecule has 0 spiro atoms. The van der Waals surface area contributed by atoms with Crippen molar-refractivity contribution in [2.24, 2.45) is 0 Å². The summed E-state index contributed by atoms with van der Waals surface area (Å²) in [4.78, 5) is 27.9. The predicted molar refractivity (Wildman–Crippen MR) is 94.2 cm³/mol. The minimum absolute atomic E-state index is 0.0649. The minimum atomic E-state index is -0.386. The van der Waals surface area contributed by atoms with Gasteiger partial charge in [-0.15, -0.1) is 0 Å². The van der Waals surface area contributed by atoms with Gasteiger partial charge in [0.25, 0.3) is 0 Å². The third kappa shape index (κ3) is 3.56. The fourth-order valence-corrected chi connectivity index (χ4v) is 3.14. The molecule has 1 aliphatic rings. The fraction of sp³-hybridized carbons (Fsp3) is 0.333. The van der Waals surface area contributed by atoms with Crippen LogP contribution in [-0.4, -0.2) is 56.5 Å². The Morgan fingerprint density at radius 3 is 2.92 bits per heavy atom. The lowest BCUT2D eigenvalue weighted by atomic mass is 10.1. The second-order valence-electron chi connectivity index (χ2n) is 6.11. The Balaban J connectivity index is 1.50. The Bertz CT molecular complexity index is 843. The maximum Gasteiger partial charge on any atom is 0.242 e. The summed E-state index contributed by atoms with van der Waals surface area (Å²) in [7, 11) is 0. The van der Waals surface area contributed by atoms with E-state index in [9.17, 15) is 4.79 Å². The van der Waals surface area contributed by atoms with Crippen molar-refractivity contribution in [2.45, 2.75) is 12.6 Å². The van der Waals surface area contributed by atoms with Crippen molar-refractivity contribution in [1.29, 1.82) is 0 Å². The molecule has 26 heavy (non-hydrogen) atoms. The summed E-state index contributed by atoms with van der Waals surface area (Å²) in [5, 5.41) is 3.00. The van der Waals surface area contributed by atoms with Gasteiger partial charge in [0.15, 0.2) is 0 Å². The van der Waals surface area contributed by atoms with Crippen LogP contribution in [0.25, 0.3) is 5.78 Å². The molecule has 1 atom stereocenters. The molecule has 0 bridgehead atoms. The van der Waals surface area contributed by atoms with Crippen LogP contribution in [0, 0.1) is 0 Å². The molecular weight excluding hydrogens is 332 g/mol. The number of amides is 1. The van der Waals surface area contributed by atoms with Gasteiger partial charge in [-0.2, -0.15) is 0 Å². The first-order valence-electron chi connectivity index (χ1n) is 8.59. The van der Waals surface area contributed by atoms with Crippen molar-refractivity contribution in [3.63, 3.8) is 0 Å². The normalized spacial score (nSPS) is 16.5. The molecule has 3 aromatic rings. The van der Waals surface area contributed by atoms with Crippen LogP contribution in [0.2, 0.25) is 0 Å². The SMILES string of the molecule is O=C(NCc1cn2cccnc2n1)[C@H](c1cccnc1)N1CCOCC1. The quantitative estimate of drug-likeness (QED) is 0.732. The number of nitrogens with zero attached hydrogens (tertiary/aromatic N) is 5. The first-order valence-corrected chi connectivity index (χ1v) is 8.59. The lowest BCUT2D eigenvalue weighted by molar-refractivity contribution is -0.128. The zero-order valence-corrected chi connectivity index (χ0v) is 14.3. The number of hydrogen-bond donors (Lipinski definition) is 1. The van der Waals surface area contributed by atoms with E-state index >= 15 is 0 Å². The zero-order valence-electron chi connectivity index (χ0n) is 14.3. The average Bonchev–Trinajstić information content (AvgIpc) is 3.11. The molecule has 1 saturated heterocycles. The number of morpholine rings is 1. The highest BCUT2D eigenvalue weighted by Gasteiger charge is 2.29. The Kier molecular flexibility index (Phi) is 4.85. The van der Waals surface area contributed by atoms with Gasteiger partial charge in [-0.3, -0.25) is 19.1 Å². The van der Waals surface area contributed by atoms with Crippen molar-refractivity contribution in [3.05, 3.63) is 60.4 Å². The van der Waals surface area contributed by atoms with E-state index in [2.05, 4.69) is 25.2 Å². The number of imidazole rings is 1. The number of rotatable bonds is 5. The van der Waals surface area contributed by atoms with Gasteiger partial charge in [-0.25, -0.2) is 9.97 Å². The summed E-state index contributed by atoms with van der Waals surface area (Å²) in [6, 6.07) is 5.24. The van der Waals surface area contributed by atoms with E-state index in [-0.39, 0.29) is 11.9 Å². The topological polar surface area (TPSA) is 84.7 Å². The van der Waals surface area contributed by atoms with E-state index in [0.717, 1.165) is 11.3 Å². The number of ether oxygens (including phenoxy) is 1. The summed E-state index contributed by atoms with van der Waals surface area (Å²) in [5.41, 5.74) is 1.65. The molecule has 0 aromatic carbocycles. The van der Waals surface area contributed by atoms with Crippen LogP contribution in [0.1, 0.15) is 17.3 Å². The van der Waals surface area contributed by atoms with Gasteiger partial charge in [0.1, 0.15) is 6.04 Å². The van der Waals surface area contributed by atoms with Crippen LogP contribution in [-0.2, 0) is 16.1 Å². The van der Waals surface area contributed by atoms with E-state index in [1.807, 2.05) is 35.0 Å². The summed E-state index contributed by atoms with van der Waals surface area (Å²) in [6.07, 6.45) is 8.90. The highest BCUT2D eigenvalue weighted by Crippen LogP contribution is 2.21. The molecule has 1 aliphatic heterocycles. The molecule has 4 rings (SSSR count). The van der Waals surface area contributed by atoms with Crippen molar-refractivity contribution >= 4 is 11.7 Å². The molecule has 3 aromatic heterocycles. The largest absolute Gasteiger partial charge is 0.379 e. The lowest BCUT2D eigenvalue weighted by Crippen LogP contribution is -2.45. The van der Waals surface area contributed by atoms with Gasteiger partial charge >= 0.3 is 0 Å². The first-order chi connectivity index (χ1) is 12.8. The maximum absolute atomic E-state index is 13.0. The van der Waals surface area contributed by atoms with Crippen LogP contribution in [0.4, 0.5) is 0 Å². The number of aromatic nitrogens is 4. The van der Waals surface area contributed by atoms with Gasteiger partial charge in [0.2, 0.25) is 11.7 Å². The van der Waals surface area contributed by atoms with E-state index in [1.165, 1.54) is 0 Å². The van der Waals surface area contributed by atoms with Crippen LogP contribution in [0.3, 0.4) is 0 Å². The second-order valence-corrected chi connectivity index (χ2v) is 6.11. The highest BCUT2D eigenvalue weighted by atomic mass is 16.5. The predicted octanol–water partition coefficient (Wildman–Crippen LogP) is 0.814. The third-order valence-corrected chi connectivity index (χ3v) is 4.39. The Hall–Kier alpha value is -2.84. The summed E-state index contributed by atoms with van der Waals surface area (Å²) in [5.74, 6) is 0.554. The van der Waals surface area contributed by atoms with Crippen molar-refractivity contribution in [3.8, 4) is 0 Å². The molecule has 1 amide bonds. The Labute approximate surface area is 150 Å². The molecule has 8 heteroatoms. The van der Waals surface area contributed by atoms with E-state index in [4.69, 9.17) is 4.74 Å². The molecule has 0 radical (unpaired) electrons. The summed E-state index contributed by atoms with van der Waals surface area (Å²) < 4.78 is 7.26. The van der Waals surface area contributed by atoms with Crippen LogP contribution >= 0.6 is 0 Å². The molecule has 8 nitrogen and oxygen atoms in total. The van der Waals surface area contributed by atoms with Gasteiger partial charge < -0.3 is 10.1 Å². The standard InChI is InChI=1S/C18H20N6O2/c25-17(21-12-15-13-24-6-2-5-20-18(24)22-15)16(14-3-1-4-19-11-14)23-7-9-26-10-8-23/h1-6,11,13,16H,7-10,12H2,(H,21,25)/t16-/m0/s1. The number of pyridine rings is 1. The number of fused-ring (bicyclic) bond motifs is 1. The molecule has 134 valence electrons. The number of carbonyl (C=O) groups excluding carboxylic acids is 1. The Morgan fingerprint density at radius 2 is 2.15 bits per heavy atom. The van der Waals surface area contributed by atoms with Gasteiger partial charge in [0, 0.05) is 44.1 Å².